The lowest BCUT2D eigenvalue weighted by atomic mass is 10.2. The molecule has 1 aliphatic rings. The minimum atomic E-state index is -0.395. The van der Waals surface area contributed by atoms with Crippen molar-refractivity contribution >= 4 is 23.2 Å². The molecule has 1 heterocycles. The first-order chi connectivity index (χ1) is 8.56. The number of aryl methyl sites for hydroxylation is 2. The maximum absolute atomic E-state index is 11.7. The smallest absolute Gasteiger partial charge is 0.348 e. The fourth-order valence-corrected chi connectivity index (χ4v) is 3.14. The van der Waals surface area contributed by atoms with Crippen LogP contribution in [0.3, 0.4) is 0 Å². The van der Waals surface area contributed by atoms with Crippen LogP contribution in [0.25, 0.3) is 0 Å². The normalized spacial score (nSPS) is 13.5. The fourth-order valence-electron chi connectivity index (χ4n) is 2.00. The summed E-state index contributed by atoms with van der Waals surface area (Å²) in [5, 5.41) is 2.68. The van der Waals surface area contributed by atoms with Crippen molar-refractivity contribution in [3.05, 3.63) is 21.4 Å². The molecule has 0 aliphatic heterocycles. The number of carbonyl (C=O) groups is 2. The number of carbonyl (C=O) groups excluding carboxylic acids is 2. The zero-order valence-electron chi connectivity index (χ0n) is 10.6. The number of rotatable bonds is 4. The molecule has 18 heavy (non-hydrogen) atoms. The van der Waals surface area contributed by atoms with E-state index in [-0.39, 0.29) is 18.6 Å². The van der Waals surface area contributed by atoms with Gasteiger partial charge >= 0.3 is 5.97 Å². The second-order valence-corrected chi connectivity index (χ2v) is 5.85. The van der Waals surface area contributed by atoms with E-state index in [1.165, 1.54) is 28.2 Å². The number of ether oxygens (including phenoxy) is 1. The summed E-state index contributed by atoms with van der Waals surface area (Å²) >= 11 is 1.49. The first-order valence-electron chi connectivity index (χ1n) is 6.14. The van der Waals surface area contributed by atoms with Gasteiger partial charge in [0.05, 0.1) is 0 Å². The third-order valence-corrected chi connectivity index (χ3v) is 3.95. The molecule has 0 saturated carbocycles. The highest BCUT2D eigenvalue weighted by molar-refractivity contribution is 7.14. The van der Waals surface area contributed by atoms with Gasteiger partial charge < -0.3 is 10.1 Å². The number of esters is 1. The third kappa shape index (κ3) is 3.10. The van der Waals surface area contributed by atoms with E-state index in [0.717, 1.165) is 12.8 Å². The van der Waals surface area contributed by atoms with Crippen LogP contribution in [0.5, 0.6) is 0 Å². The van der Waals surface area contributed by atoms with Crippen LogP contribution in [0.4, 0.5) is 0 Å². The van der Waals surface area contributed by atoms with Crippen molar-refractivity contribution in [2.45, 2.75) is 39.2 Å². The van der Waals surface area contributed by atoms with Gasteiger partial charge in [-0.1, -0.05) is 0 Å². The van der Waals surface area contributed by atoms with Gasteiger partial charge in [0.15, 0.2) is 6.61 Å². The van der Waals surface area contributed by atoms with Gasteiger partial charge in [0, 0.05) is 10.9 Å². The van der Waals surface area contributed by atoms with Gasteiger partial charge in [-0.3, -0.25) is 4.79 Å². The first-order valence-corrected chi connectivity index (χ1v) is 6.96. The van der Waals surface area contributed by atoms with E-state index in [1.54, 1.807) is 0 Å². The average Bonchev–Trinajstić information content (AvgIpc) is 2.84. The lowest BCUT2D eigenvalue weighted by Crippen LogP contribution is -2.33. The number of hydrogen-bond donors (Lipinski definition) is 1. The van der Waals surface area contributed by atoms with Gasteiger partial charge in [-0.15, -0.1) is 11.3 Å². The second kappa shape index (κ2) is 5.52. The standard InChI is InChI=1S/C13H17NO3S/c1-8(2)14-12(15)7-17-13(16)11-6-9-4-3-5-10(9)18-11/h6,8H,3-5,7H2,1-2H3,(H,14,15). The maximum Gasteiger partial charge on any atom is 0.348 e. The average molecular weight is 267 g/mol. The predicted octanol–water partition coefficient (Wildman–Crippen LogP) is 1.92. The van der Waals surface area contributed by atoms with Crippen LogP contribution in [-0.2, 0) is 22.4 Å². The van der Waals surface area contributed by atoms with Crippen LogP contribution in [0, 0.1) is 0 Å². The van der Waals surface area contributed by atoms with Crippen molar-refractivity contribution in [2.75, 3.05) is 6.61 Å². The van der Waals surface area contributed by atoms with Crippen LogP contribution >= 0.6 is 11.3 Å². The highest BCUT2D eigenvalue weighted by Crippen LogP contribution is 2.30. The molecule has 1 amide bonds. The van der Waals surface area contributed by atoms with Crippen molar-refractivity contribution < 1.29 is 14.3 Å². The molecule has 4 nitrogen and oxygen atoms in total. The maximum atomic E-state index is 11.7. The fraction of sp³-hybridized carbons (Fsp3) is 0.538. The van der Waals surface area contributed by atoms with Crippen LogP contribution in [0.2, 0.25) is 0 Å². The Morgan fingerprint density at radius 3 is 2.89 bits per heavy atom. The summed E-state index contributed by atoms with van der Waals surface area (Å²) in [6.45, 7) is 3.52. The van der Waals surface area contributed by atoms with Crippen LogP contribution in [0.1, 0.15) is 40.4 Å². The molecular weight excluding hydrogens is 250 g/mol. The molecule has 98 valence electrons. The Labute approximate surface area is 110 Å². The lowest BCUT2D eigenvalue weighted by molar-refractivity contribution is -0.124. The second-order valence-electron chi connectivity index (χ2n) is 4.71. The topological polar surface area (TPSA) is 55.4 Å². The number of amides is 1. The van der Waals surface area contributed by atoms with Crippen LogP contribution in [0.15, 0.2) is 6.07 Å². The Hall–Kier alpha value is -1.36. The van der Waals surface area contributed by atoms with Crippen LogP contribution < -0.4 is 5.32 Å². The first kappa shape index (κ1) is 13.1. The Morgan fingerprint density at radius 1 is 1.44 bits per heavy atom. The number of hydrogen-bond acceptors (Lipinski definition) is 4. The van der Waals surface area contributed by atoms with E-state index in [0.29, 0.717) is 4.88 Å². The zero-order chi connectivity index (χ0) is 13.1. The van der Waals surface area contributed by atoms with E-state index < -0.39 is 5.97 Å². The molecule has 0 spiro atoms. The quantitative estimate of drug-likeness (QED) is 0.848. The Morgan fingerprint density at radius 2 is 2.22 bits per heavy atom. The molecule has 1 N–H and O–H groups in total. The van der Waals surface area contributed by atoms with Crippen LogP contribution in [-0.4, -0.2) is 24.5 Å². The monoisotopic (exact) mass is 267 g/mol. The molecule has 0 unspecified atom stereocenters. The van der Waals surface area contributed by atoms with Gasteiger partial charge in [0.25, 0.3) is 5.91 Å². The highest BCUT2D eigenvalue weighted by Gasteiger charge is 2.19. The van der Waals surface area contributed by atoms with Gasteiger partial charge in [-0.25, -0.2) is 4.79 Å². The van der Waals surface area contributed by atoms with Crippen molar-refractivity contribution in [3.8, 4) is 0 Å². The van der Waals surface area contributed by atoms with Crippen molar-refractivity contribution in [2.24, 2.45) is 0 Å². The third-order valence-electron chi connectivity index (χ3n) is 2.73. The van der Waals surface area contributed by atoms with E-state index in [4.69, 9.17) is 4.74 Å². The molecule has 5 heteroatoms. The van der Waals surface area contributed by atoms with Gasteiger partial charge in [-0.05, 0) is 44.7 Å². The Balaban J connectivity index is 1.86. The molecule has 1 aromatic rings. The molecule has 0 saturated heterocycles. The number of nitrogens with one attached hydrogen (secondary N) is 1. The minimum absolute atomic E-state index is 0.0572. The van der Waals surface area contributed by atoms with E-state index in [2.05, 4.69) is 5.32 Å². The molecule has 1 aromatic heterocycles. The van der Waals surface area contributed by atoms with Gasteiger partial charge in [0.1, 0.15) is 4.88 Å². The van der Waals surface area contributed by atoms with Gasteiger partial charge in [-0.2, -0.15) is 0 Å². The van der Waals surface area contributed by atoms with Crippen molar-refractivity contribution in [1.82, 2.24) is 5.32 Å². The van der Waals surface area contributed by atoms with E-state index >= 15 is 0 Å². The molecule has 0 atom stereocenters. The number of thiophene rings is 1. The van der Waals surface area contributed by atoms with Crippen molar-refractivity contribution in [3.63, 3.8) is 0 Å². The molecule has 0 radical (unpaired) electrons. The highest BCUT2D eigenvalue weighted by atomic mass is 32.1. The van der Waals surface area contributed by atoms with E-state index in [9.17, 15) is 9.59 Å². The Kier molecular flexibility index (Phi) is 4.01. The SMILES string of the molecule is CC(C)NC(=O)COC(=O)c1cc2c(s1)CCC2. The molecule has 0 bridgehead atoms. The summed E-state index contributed by atoms with van der Waals surface area (Å²) in [4.78, 5) is 25.0. The molecule has 2 rings (SSSR count). The Bertz CT molecular complexity index is 443. The summed E-state index contributed by atoms with van der Waals surface area (Å²) in [7, 11) is 0. The molecule has 0 aromatic carbocycles. The minimum Gasteiger partial charge on any atom is -0.451 e. The molecule has 1 aliphatic carbocycles. The summed E-state index contributed by atoms with van der Waals surface area (Å²) < 4.78 is 4.99. The molecular formula is C13H17NO3S. The van der Waals surface area contributed by atoms with E-state index in [1.807, 2.05) is 19.9 Å². The summed E-state index contributed by atoms with van der Waals surface area (Å²) in [6, 6.07) is 1.96. The summed E-state index contributed by atoms with van der Waals surface area (Å²) in [5.74, 6) is -0.657. The van der Waals surface area contributed by atoms with Gasteiger partial charge in [0.2, 0.25) is 0 Å². The number of fused-ring (bicyclic) bond motifs is 1. The summed E-state index contributed by atoms with van der Waals surface area (Å²) in [5.41, 5.74) is 1.26. The lowest BCUT2D eigenvalue weighted by Gasteiger charge is -2.08. The molecule has 0 fully saturated rings. The predicted molar refractivity (Wildman–Crippen MR) is 69.9 cm³/mol. The summed E-state index contributed by atoms with van der Waals surface area (Å²) in [6.07, 6.45) is 3.28. The zero-order valence-corrected chi connectivity index (χ0v) is 11.4. The van der Waals surface area contributed by atoms with Crippen molar-refractivity contribution in [1.29, 1.82) is 0 Å². The largest absolute Gasteiger partial charge is 0.451 e.